The molecule has 0 unspecified atom stereocenters. The molecule has 0 atom stereocenters. The zero-order valence-corrected chi connectivity index (χ0v) is 15.1. The van der Waals surface area contributed by atoms with Gasteiger partial charge in [0.05, 0.1) is 11.2 Å². The second-order valence-corrected chi connectivity index (χ2v) is 7.35. The summed E-state index contributed by atoms with van der Waals surface area (Å²) >= 11 is 0. The van der Waals surface area contributed by atoms with Crippen molar-refractivity contribution in [3.05, 3.63) is 24.0 Å². The Balaban J connectivity index is 1.75. The summed E-state index contributed by atoms with van der Waals surface area (Å²) in [6, 6.07) is 5.88. The van der Waals surface area contributed by atoms with E-state index in [4.69, 9.17) is 9.47 Å². The van der Waals surface area contributed by atoms with Crippen LogP contribution in [0.1, 0.15) is 38.4 Å². The van der Waals surface area contributed by atoms with Crippen molar-refractivity contribution in [3.63, 3.8) is 0 Å². The van der Waals surface area contributed by atoms with E-state index < -0.39 is 0 Å². The molecule has 1 fully saturated rings. The molecule has 2 heterocycles. The maximum atomic E-state index is 5.72. The van der Waals surface area contributed by atoms with E-state index in [1.807, 2.05) is 22.9 Å². The highest BCUT2D eigenvalue weighted by atomic mass is 16.6. The molecule has 4 rings (SSSR count). The Hall–Kier alpha value is -2.15. The Morgan fingerprint density at radius 1 is 1.12 bits per heavy atom. The number of hydrogen-bond acceptors (Lipinski definition) is 6. The third-order valence-corrected chi connectivity index (χ3v) is 5.61. The second-order valence-electron chi connectivity index (χ2n) is 7.35. The summed E-state index contributed by atoms with van der Waals surface area (Å²) in [5.74, 6) is 3.19. The summed E-state index contributed by atoms with van der Waals surface area (Å²) in [6.45, 7) is 3.48. The van der Waals surface area contributed by atoms with Crippen LogP contribution >= 0.6 is 0 Å². The van der Waals surface area contributed by atoms with Crippen LogP contribution in [0.5, 0.6) is 11.5 Å². The minimum Gasteiger partial charge on any atom is -0.486 e. The highest BCUT2D eigenvalue weighted by molar-refractivity contribution is 5.49. The number of tetrazole rings is 1. The molecule has 2 aliphatic rings. The van der Waals surface area contributed by atoms with Gasteiger partial charge in [0, 0.05) is 6.07 Å². The van der Waals surface area contributed by atoms with Gasteiger partial charge in [0.1, 0.15) is 13.2 Å². The molecule has 0 N–H and O–H groups in total. The van der Waals surface area contributed by atoms with E-state index in [0.717, 1.165) is 41.8 Å². The fourth-order valence-corrected chi connectivity index (χ4v) is 3.93. The molecule has 0 saturated heterocycles. The minimum absolute atomic E-state index is 0.136. The second kappa shape index (κ2) is 6.29. The third kappa shape index (κ3) is 2.76. The van der Waals surface area contributed by atoms with Gasteiger partial charge in [-0.2, -0.15) is 4.68 Å². The summed E-state index contributed by atoms with van der Waals surface area (Å²) in [6.07, 6.45) is 4.50. The van der Waals surface area contributed by atoms with Crippen molar-refractivity contribution >= 4 is 0 Å². The van der Waals surface area contributed by atoms with E-state index in [1.54, 1.807) is 0 Å². The van der Waals surface area contributed by atoms with Crippen molar-refractivity contribution in [2.75, 3.05) is 27.3 Å². The minimum atomic E-state index is -0.136. The number of benzene rings is 1. The molecular formula is C18H25N5O2. The summed E-state index contributed by atoms with van der Waals surface area (Å²) in [7, 11) is 4.25. The normalized spacial score (nSPS) is 26.0. The van der Waals surface area contributed by atoms with Gasteiger partial charge in [-0.15, -0.1) is 5.10 Å². The molecule has 0 bridgehead atoms. The summed E-state index contributed by atoms with van der Waals surface area (Å²) in [4.78, 5) is 2.28. The van der Waals surface area contributed by atoms with Crippen LogP contribution < -0.4 is 9.47 Å². The van der Waals surface area contributed by atoms with Crippen LogP contribution in [-0.4, -0.2) is 52.4 Å². The van der Waals surface area contributed by atoms with Crippen molar-refractivity contribution in [1.82, 2.24) is 25.1 Å². The third-order valence-electron chi connectivity index (χ3n) is 5.61. The fourth-order valence-electron chi connectivity index (χ4n) is 3.93. The lowest BCUT2D eigenvalue weighted by atomic mass is 9.75. The first-order valence-corrected chi connectivity index (χ1v) is 8.96. The van der Waals surface area contributed by atoms with Gasteiger partial charge in [0.2, 0.25) is 0 Å². The van der Waals surface area contributed by atoms with Crippen LogP contribution in [-0.2, 0) is 5.54 Å². The number of aromatic nitrogens is 4. The smallest absolute Gasteiger partial charge is 0.176 e. The standard InChI is InChI=1S/C18H25N5O2/c1-13-6-8-18(9-7-13,22(2)3)17-19-20-21-23(17)14-4-5-15-16(12-14)25-11-10-24-15/h4-5,12-13H,6-11H2,1-3H3. The zero-order chi connectivity index (χ0) is 17.4. The maximum absolute atomic E-state index is 5.72. The van der Waals surface area contributed by atoms with Crippen LogP contribution in [0.4, 0.5) is 0 Å². The first-order chi connectivity index (χ1) is 12.1. The molecule has 0 radical (unpaired) electrons. The van der Waals surface area contributed by atoms with Gasteiger partial charge in [-0.25, -0.2) is 0 Å². The van der Waals surface area contributed by atoms with Gasteiger partial charge in [0.15, 0.2) is 17.3 Å². The monoisotopic (exact) mass is 343 g/mol. The lowest BCUT2D eigenvalue weighted by Crippen LogP contribution is -2.46. The fraction of sp³-hybridized carbons (Fsp3) is 0.611. The van der Waals surface area contributed by atoms with Crippen LogP contribution in [0.3, 0.4) is 0 Å². The molecule has 7 heteroatoms. The van der Waals surface area contributed by atoms with Gasteiger partial charge >= 0.3 is 0 Å². The number of hydrogen-bond donors (Lipinski definition) is 0. The molecular weight excluding hydrogens is 318 g/mol. The predicted octanol–water partition coefficient (Wildman–Crippen LogP) is 2.40. The molecule has 25 heavy (non-hydrogen) atoms. The van der Waals surface area contributed by atoms with E-state index in [9.17, 15) is 0 Å². The number of ether oxygens (including phenoxy) is 2. The molecule has 1 aliphatic carbocycles. The van der Waals surface area contributed by atoms with E-state index >= 15 is 0 Å². The first kappa shape index (κ1) is 16.3. The predicted molar refractivity (Wildman–Crippen MR) is 93.1 cm³/mol. The van der Waals surface area contributed by atoms with E-state index in [1.165, 1.54) is 12.8 Å². The van der Waals surface area contributed by atoms with E-state index in [2.05, 4.69) is 41.4 Å². The highest BCUT2D eigenvalue weighted by Crippen LogP contribution is 2.42. The van der Waals surface area contributed by atoms with Crippen molar-refractivity contribution in [2.45, 2.75) is 38.1 Å². The van der Waals surface area contributed by atoms with Gasteiger partial charge in [-0.05, 0) is 68.3 Å². The van der Waals surface area contributed by atoms with Gasteiger partial charge < -0.3 is 9.47 Å². The van der Waals surface area contributed by atoms with E-state index in [0.29, 0.717) is 13.2 Å². The van der Waals surface area contributed by atoms with Gasteiger partial charge in [-0.1, -0.05) is 6.92 Å². The summed E-state index contributed by atoms with van der Waals surface area (Å²) in [5, 5.41) is 12.7. The average Bonchev–Trinajstić information content (AvgIpc) is 3.12. The zero-order valence-electron chi connectivity index (χ0n) is 15.1. The van der Waals surface area contributed by atoms with Crippen molar-refractivity contribution < 1.29 is 9.47 Å². The Kier molecular flexibility index (Phi) is 4.11. The molecule has 1 saturated carbocycles. The van der Waals surface area contributed by atoms with Crippen molar-refractivity contribution in [3.8, 4) is 17.2 Å². The summed E-state index contributed by atoms with van der Waals surface area (Å²) in [5.41, 5.74) is 0.771. The molecule has 0 amide bonds. The van der Waals surface area contributed by atoms with Crippen molar-refractivity contribution in [2.24, 2.45) is 5.92 Å². The Labute approximate surface area is 147 Å². The quantitative estimate of drug-likeness (QED) is 0.853. The van der Waals surface area contributed by atoms with Crippen LogP contribution in [0, 0.1) is 5.92 Å². The Bertz CT molecular complexity index is 750. The van der Waals surface area contributed by atoms with Crippen LogP contribution in [0.2, 0.25) is 0 Å². The molecule has 134 valence electrons. The van der Waals surface area contributed by atoms with Crippen LogP contribution in [0.15, 0.2) is 18.2 Å². The molecule has 0 spiro atoms. The average molecular weight is 343 g/mol. The SMILES string of the molecule is CC1CCC(c2nnnn2-c2ccc3c(c2)OCCO3)(N(C)C)CC1. The number of fused-ring (bicyclic) bond motifs is 1. The van der Waals surface area contributed by atoms with E-state index in [-0.39, 0.29) is 5.54 Å². The largest absolute Gasteiger partial charge is 0.486 e. The number of rotatable bonds is 3. The van der Waals surface area contributed by atoms with Gasteiger partial charge in [-0.3, -0.25) is 4.90 Å². The maximum Gasteiger partial charge on any atom is 0.176 e. The highest BCUT2D eigenvalue weighted by Gasteiger charge is 2.42. The molecule has 1 aromatic carbocycles. The molecule has 2 aromatic rings. The number of nitrogens with zero attached hydrogens (tertiary/aromatic N) is 5. The van der Waals surface area contributed by atoms with Crippen molar-refractivity contribution in [1.29, 1.82) is 0 Å². The topological polar surface area (TPSA) is 65.3 Å². The molecule has 1 aromatic heterocycles. The molecule has 1 aliphatic heterocycles. The Morgan fingerprint density at radius 2 is 1.84 bits per heavy atom. The first-order valence-electron chi connectivity index (χ1n) is 8.96. The lowest BCUT2D eigenvalue weighted by Gasteiger charge is -2.43. The Morgan fingerprint density at radius 3 is 2.56 bits per heavy atom. The van der Waals surface area contributed by atoms with Crippen LogP contribution in [0.25, 0.3) is 5.69 Å². The summed E-state index contributed by atoms with van der Waals surface area (Å²) < 4.78 is 13.2. The van der Waals surface area contributed by atoms with Gasteiger partial charge in [0.25, 0.3) is 0 Å². The molecule has 7 nitrogen and oxygen atoms in total. The lowest BCUT2D eigenvalue weighted by molar-refractivity contribution is 0.0698.